The van der Waals surface area contributed by atoms with E-state index in [0.29, 0.717) is 31.3 Å². The Bertz CT molecular complexity index is 1040. The molecule has 166 valence electrons. The van der Waals surface area contributed by atoms with Crippen LogP contribution in [-0.2, 0) is 19.6 Å². The number of carbonyl (C=O) groups excluding carboxylic acids is 2. The fourth-order valence-electron chi connectivity index (χ4n) is 2.75. The Balaban J connectivity index is 1.58. The number of sulfonamides is 1. The van der Waals surface area contributed by atoms with Crippen LogP contribution in [-0.4, -0.2) is 46.7 Å². The quantitative estimate of drug-likeness (QED) is 0.446. The Morgan fingerprint density at radius 2 is 1.74 bits per heavy atom. The summed E-state index contributed by atoms with van der Waals surface area (Å²) < 4.78 is 43.5. The summed E-state index contributed by atoms with van der Waals surface area (Å²) in [5, 5.41) is 2.65. The number of hydrogen-bond donors (Lipinski definition) is 2. The second kappa shape index (κ2) is 10.2. The monoisotopic (exact) mass is 448 g/mol. The molecule has 0 radical (unpaired) electrons. The molecule has 2 N–H and O–H groups in total. The average molecular weight is 448 g/mol. The summed E-state index contributed by atoms with van der Waals surface area (Å²) >= 11 is 0. The predicted octanol–water partition coefficient (Wildman–Crippen LogP) is 2.33. The number of carbonyl (C=O) groups is 2. The molecule has 1 aliphatic rings. The van der Waals surface area contributed by atoms with E-state index >= 15 is 0 Å². The maximum Gasteiger partial charge on any atom is 0.338 e. The average Bonchev–Trinajstić information content (AvgIpc) is 2.77. The largest absolute Gasteiger partial charge is 0.486 e. The first-order valence-corrected chi connectivity index (χ1v) is 11.3. The molecule has 0 spiro atoms. The maximum atomic E-state index is 12.6. The van der Waals surface area contributed by atoms with Crippen molar-refractivity contribution in [1.29, 1.82) is 0 Å². The Hall–Kier alpha value is -3.27. The smallest absolute Gasteiger partial charge is 0.338 e. The van der Waals surface area contributed by atoms with Crippen LogP contribution < -0.4 is 19.5 Å². The minimum absolute atomic E-state index is 0.0225. The summed E-state index contributed by atoms with van der Waals surface area (Å²) in [6.45, 7) is 2.93. The van der Waals surface area contributed by atoms with Gasteiger partial charge in [-0.2, -0.15) is 0 Å². The third-order valence-corrected chi connectivity index (χ3v) is 5.76. The molecule has 2 aromatic carbocycles. The Morgan fingerprint density at radius 1 is 1.03 bits per heavy atom. The number of ether oxygens (including phenoxy) is 3. The first kappa shape index (κ1) is 22.4. The molecule has 10 heteroatoms. The van der Waals surface area contributed by atoms with Crippen LogP contribution in [0.2, 0.25) is 0 Å². The molecule has 1 aliphatic heterocycles. The highest BCUT2D eigenvalue weighted by Gasteiger charge is 2.20. The second-order valence-electron chi connectivity index (χ2n) is 6.77. The van der Waals surface area contributed by atoms with Crippen molar-refractivity contribution in [2.24, 2.45) is 0 Å². The van der Waals surface area contributed by atoms with Crippen LogP contribution in [0.1, 0.15) is 30.1 Å². The molecule has 0 saturated carbocycles. The van der Waals surface area contributed by atoms with Crippen molar-refractivity contribution in [3.05, 3.63) is 48.0 Å². The van der Waals surface area contributed by atoms with Crippen LogP contribution in [0, 0.1) is 0 Å². The van der Waals surface area contributed by atoms with Crippen molar-refractivity contribution < 1.29 is 32.2 Å². The number of fused-ring (bicyclic) bond motifs is 1. The molecule has 31 heavy (non-hydrogen) atoms. The van der Waals surface area contributed by atoms with Gasteiger partial charge in [0.05, 0.1) is 10.5 Å². The minimum atomic E-state index is -3.87. The lowest BCUT2D eigenvalue weighted by atomic mass is 10.2. The summed E-state index contributed by atoms with van der Waals surface area (Å²) in [4.78, 5) is 23.7. The first-order chi connectivity index (χ1) is 14.9. The summed E-state index contributed by atoms with van der Waals surface area (Å²) in [5.74, 6) is -0.185. The Morgan fingerprint density at radius 3 is 2.45 bits per heavy atom. The van der Waals surface area contributed by atoms with Gasteiger partial charge in [0.15, 0.2) is 18.1 Å². The molecule has 0 unspecified atom stereocenters. The molecule has 2 aromatic rings. The molecule has 0 atom stereocenters. The highest BCUT2D eigenvalue weighted by atomic mass is 32.2. The van der Waals surface area contributed by atoms with E-state index in [1.54, 1.807) is 6.07 Å². The van der Waals surface area contributed by atoms with Crippen LogP contribution in [0.25, 0.3) is 0 Å². The normalized spacial score (nSPS) is 12.7. The van der Waals surface area contributed by atoms with Gasteiger partial charge in [-0.05, 0) is 42.8 Å². The summed E-state index contributed by atoms with van der Waals surface area (Å²) in [7, 11) is -3.87. The first-order valence-electron chi connectivity index (χ1n) is 9.85. The number of benzene rings is 2. The SMILES string of the molecule is CCCCNC(=O)COC(=O)c1ccc(NS(=O)(=O)c2ccc3c(c2)OCCO3)cc1. The molecule has 0 saturated heterocycles. The predicted molar refractivity (Wildman–Crippen MR) is 113 cm³/mol. The van der Waals surface area contributed by atoms with E-state index in [2.05, 4.69) is 10.0 Å². The van der Waals surface area contributed by atoms with Gasteiger partial charge in [0, 0.05) is 18.3 Å². The highest BCUT2D eigenvalue weighted by Crippen LogP contribution is 2.32. The van der Waals surface area contributed by atoms with Crippen LogP contribution >= 0.6 is 0 Å². The van der Waals surface area contributed by atoms with E-state index in [1.807, 2.05) is 6.92 Å². The van der Waals surface area contributed by atoms with Gasteiger partial charge in [-0.25, -0.2) is 13.2 Å². The molecule has 0 bridgehead atoms. The molecule has 3 rings (SSSR count). The number of esters is 1. The van der Waals surface area contributed by atoms with Gasteiger partial charge in [0.2, 0.25) is 0 Å². The number of nitrogens with one attached hydrogen (secondary N) is 2. The molecule has 0 aliphatic carbocycles. The standard InChI is InChI=1S/C21H24N2O7S/c1-2-3-10-22-20(24)14-30-21(25)15-4-6-16(7-5-15)23-31(26,27)17-8-9-18-19(13-17)29-12-11-28-18/h4-9,13,23H,2-3,10-12,14H2,1H3,(H,22,24). The van der Waals surface area contributed by atoms with Gasteiger partial charge in [0.1, 0.15) is 13.2 Å². The topological polar surface area (TPSA) is 120 Å². The third-order valence-electron chi connectivity index (χ3n) is 4.38. The van der Waals surface area contributed by atoms with Crippen LogP contribution in [0.3, 0.4) is 0 Å². The molecule has 1 heterocycles. The van der Waals surface area contributed by atoms with Gasteiger partial charge in [-0.1, -0.05) is 13.3 Å². The van der Waals surface area contributed by atoms with E-state index in [9.17, 15) is 18.0 Å². The Kier molecular flexibility index (Phi) is 7.35. The molecule has 1 amide bonds. The number of anilines is 1. The number of hydrogen-bond acceptors (Lipinski definition) is 7. The lowest BCUT2D eigenvalue weighted by molar-refractivity contribution is -0.124. The second-order valence-corrected chi connectivity index (χ2v) is 8.45. The van der Waals surface area contributed by atoms with E-state index in [0.717, 1.165) is 12.8 Å². The van der Waals surface area contributed by atoms with E-state index < -0.39 is 16.0 Å². The lowest BCUT2D eigenvalue weighted by Gasteiger charge is -2.19. The van der Waals surface area contributed by atoms with Crippen molar-refractivity contribution >= 4 is 27.6 Å². The van der Waals surface area contributed by atoms with Crippen molar-refractivity contribution in [2.45, 2.75) is 24.7 Å². The van der Waals surface area contributed by atoms with Gasteiger partial charge < -0.3 is 19.5 Å². The van der Waals surface area contributed by atoms with Gasteiger partial charge in [-0.15, -0.1) is 0 Å². The number of unbranched alkanes of at least 4 members (excludes halogenated alkanes) is 1. The molecular weight excluding hydrogens is 424 g/mol. The van der Waals surface area contributed by atoms with E-state index in [4.69, 9.17) is 14.2 Å². The molecular formula is C21H24N2O7S. The van der Waals surface area contributed by atoms with Gasteiger partial charge in [0.25, 0.3) is 15.9 Å². The van der Waals surface area contributed by atoms with Crippen molar-refractivity contribution in [3.8, 4) is 11.5 Å². The van der Waals surface area contributed by atoms with Crippen LogP contribution in [0.5, 0.6) is 11.5 Å². The lowest BCUT2D eigenvalue weighted by Crippen LogP contribution is -2.29. The molecule has 0 aromatic heterocycles. The van der Waals surface area contributed by atoms with Crippen molar-refractivity contribution in [3.63, 3.8) is 0 Å². The Labute approximate surface area is 180 Å². The highest BCUT2D eigenvalue weighted by molar-refractivity contribution is 7.92. The van der Waals surface area contributed by atoms with Crippen LogP contribution in [0.15, 0.2) is 47.4 Å². The fraction of sp³-hybridized carbons (Fsp3) is 0.333. The fourth-order valence-corrected chi connectivity index (χ4v) is 3.82. The van der Waals surface area contributed by atoms with E-state index in [-0.39, 0.29) is 28.7 Å². The minimum Gasteiger partial charge on any atom is -0.486 e. The summed E-state index contributed by atoms with van der Waals surface area (Å²) in [6.07, 6.45) is 1.80. The number of rotatable bonds is 9. The third kappa shape index (κ3) is 6.11. The number of amides is 1. The zero-order chi connectivity index (χ0) is 22.3. The molecule has 0 fully saturated rings. The van der Waals surface area contributed by atoms with E-state index in [1.165, 1.54) is 36.4 Å². The zero-order valence-corrected chi connectivity index (χ0v) is 17.9. The summed E-state index contributed by atoms with van der Waals surface area (Å²) in [5.41, 5.74) is 0.465. The van der Waals surface area contributed by atoms with Crippen molar-refractivity contribution in [1.82, 2.24) is 5.32 Å². The summed E-state index contributed by atoms with van der Waals surface area (Å²) in [6, 6.07) is 10.1. The van der Waals surface area contributed by atoms with Gasteiger partial charge >= 0.3 is 5.97 Å². The zero-order valence-electron chi connectivity index (χ0n) is 17.1. The van der Waals surface area contributed by atoms with Gasteiger partial charge in [-0.3, -0.25) is 9.52 Å². The maximum absolute atomic E-state index is 12.6. The van der Waals surface area contributed by atoms with Crippen LogP contribution in [0.4, 0.5) is 5.69 Å². The van der Waals surface area contributed by atoms with Crippen molar-refractivity contribution in [2.75, 3.05) is 31.1 Å². The molecule has 9 nitrogen and oxygen atoms in total.